The molecule has 4 heteroatoms. The minimum absolute atomic E-state index is 0.153. The van der Waals surface area contributed by atoms with Crippen LogP contribution < -0.4 is 4.74 Å². The molecular weight excluding hydrogens is 267 g/mol. The SMILES string of the molecule is CC(O)c1ccccc1OCc1cc(F)ccc1Cl. The van der Waals surface area contributed by atoms with Gasteiger partial charge in [0, 0.05) is 16.1 Å². The summed E-state index contributed by atoms with van der Waals surface area (Å²) in [6, 6.07) is 11.3. The van der Waals surface area contributed by atoms with Gasteiger partial charge < -0.3 is 9.84 Å². The van der Waals surface area contributed by atoms with Crippen LogP contribution in [-0.4, -0.2) is 5.11 Å². The number of aliphatic hydroxyl groups is 1. The Balaban J connectivity index is 2.17. The topological polar surface area (TPSA) is 29.5 Å². The summed E-state index contributed by atoms with van der Waals surface area (Å²) in [6.07, 6.45) is -0.626. The number of benzene rings is 2. The fourth-order valence-corrected chi connectivity index (χ4v) is 1.94. The van der Waals surface area contributed by atoms with Crippen molar-refractivity contribution in [3.05, 3.63) is 64.4 Å². The van der Waals surface area contributed by atoms with Gasteiger partial charge in [-0.3, -0.25) is 0 Å². The molecule has 0 aromatic heterocycles. The Kier molecular flexibility index (Phi) is 4.40. The van der Waals surface area contributed by atoms with Crippen LogP contribution in [0.25, 0.3) is 0 Å². The monoisotopic (exact) mass is 280 g/mol. The molecule has 0 amide bonds. The maximum atomic E-state index is 13.1. The highest BCUT2D eigenvalue weighted by molar-refractivity contribution is 6.31. The van der Waals surface area contributed by atoms with E-state index >= 15 is 0 Å². The van der Waals surface area contributed by atoms with Crippen molar-refractivity contribution in [3.63, 3.8) is 0 Å². The van der Waals surface area contributed by atoms with Gasteiger partial charge in [0.2, 0.25) is 0 Å². The van der Waals surface area contributed by atoms with Gasteiger partial charge in [-0.05, 0) is 31.2 Å². The highest BCUT2D eigenvalue weighted by Gasteiger charge is 2.09. The molecule has 1 unspecified atom stereocenters. The molecule has 2 rings (SSSR count). The lowest BCUT2D eigenvalue weighted by molar-refractivity contribution is 0.190. The zero-order chi connectivity index (χ0) is 13.8. The summed E-state index contributed by atoms with van der Waals surface area (Å²) in [5.74, 6) is 0.213. The molecule has 100 valence electrons. The molecule has 1 atom stereocenters. The average molecular weight is 281 g/mol. The van der Waals surface area contributed by atoms with Gasteiger partial charge in [-0.2, -0.15) is 0 Å². The lowest BCUT2D eigenvalue weighted by Gasteiger charge is -2.13. The van der Waals surface area contributed by atoms with E-state index in [-0.39, 0.29) is 12.4 Å². The Hall–Kier alpha value is -1.58. The molecular formula is C15H14ClFO2. The first kappa shape index (κ1) is 13.8. The second-order valence-corrected chi connectivity index (χ2v) is 4.65. The molecule has 0 heterocycles. The summed E-state index contributed by atoms with van der Waals surface area (Å²) in [6.45, 7) is 1.82. The third kappa shape index (κ3) is 3.46. The van der Waals surface area contributed by atoms with Crippen molar-refractivity contribution in [2.45, 2.75) is 19.6 Å². The second kappa shape index (κ2) is 6.04. The number of hydrogen-bond donors (Lipinski definition) is 1. The molecule has 0 saturated carbocycles. The Morgan fingerprint density at radius 2 is 2.00 bits per heavy atom. The van der Waals surface area contributed by atoms with Crippen molar-refractivity contribution in [1.29, 1.82) is 0 Å². The van der Waals surface area contributed by atoms with E-state index in [0.29, 0.717) is 21.9 Å². The summed E-state index contributed by atoms with van der Waals surface area (Å²) in [7, 11) is 0. The van der Waals surface area contributed by atoms with Crippen LogP contribution in [0.2, 0.25) is 5.02 Å². The maximum absolute atomic E-state index is 13.1. The van der Waals surface area contributed by atoms with E-state index in [1.807, 2.05) is 12.1 Å². The molecule has 0 aliphatic rings. The van der Waals surface area contributed by atoms with Crippen LogP contribution in [0.5, 0.6) is 5.75 Å². The zero-order valence-corrected chi connectivity index (χ0v) is 11.2. The van der Waals surface area contributed by atoms with Crippen molar-refractivity contribution < 1.29 is 14.2 Å². The van der Waals surface area contributed by atoms with Crippen LogP contribution in [0.4, 0.5) is 4.39 Å². The normalized spacial score (nSPS) is 12.2. The minimum Gasteiger partial charge on any atom is -0.488 e. The molecule has 19 heavy (non-hydrogen) atoms. The lowest BCUT2D eigenvalue weighted by atomic mass is 10.1. The van der Waals surface area contributed by atoms with Crippen molar-refractivity contribution >= 4 is 11.6 Å². The Bertz CT molecular complexity index is 570. The largest absolute Gasteiger partial charge is 0.488 e. The quantitative estimate of drug-likeness (QED) is 0.913. The van der Waals surface area contributed by atoms with Crippen molar-refractivity contribution in [2.75, 3.05) is 0 Å². The fourth-order valence-electron chi connectivity index (χ4n) is 1.77. The van der Waals surface area contributed by atoms with E-state index in [2.05, 4.69) is 0 Å². The van der Waals surface area contributed by atoms with Crippen LogP contribution in [-0.2, 0) is 6.61 Å². The summed E-state index contributed by atoms with van der Waals surface area (Å²) in [5.41, 5.74) is 1.26. The Morgan fingerprint density at radius 1 is 1.26 bits per heavy atom. The van der Waals surface area contributed by atoms with Gasteiger partial charge >= 0.3 is 0 Å². The van der Waals surface area contributed by atoms with E-state index in [0.717, 1.165) is 0 Å². The molecule has 0 aliphatic heterocycles. The second-order valence-electron chi connectivity index (χ2n) is 4.24. The molecule has 0 fully saturated rings. The Labute approximate surface area is 116 Å². The van der Waals surface area contributed by atoms with Crippen LogP contribution in [0, 0.1) is 5.82 Å². The van der Waals surface area contributed by atoms with Gasteiger partial charge in [0.25, 0.3) is 0 Å². The maximum Gasteiger partial charge on any atom is 0.125 e. The molecule has 0 bridgehead atoms. The van der Waals surface area contributed by atoms with Gasteiger partial charge in [-0.25, -0.2) is 4.39 Å². The van der Waals surface area contributed by atoms with Crippen molar-refractivity contribution in [1.82, 2.24) is 0 Å². The molecule has 0 saturated heterocycles. The zero-order valence-electron chi connectivity index (χ0n) is 10.4. The fraction of sp³-hybridized carbons (Fsp3) is 0.200. The number of halogens is 2. The van der Waals surface area contributed by atoms with E-state index < -0.39 is 6.10 Å². The highest BCUT2D eigenvalue weighted by Crippen LogP contribution is 2.26. The minimum atomic E-state index is -0.626. The van der Waals surface area contributed by atoms with Gasteiger partial charge in [0.1, 0.15) is 18.2 Å². The first-order valence-electron chi connectivity index (χ1n) is 5.91. The smallest absolute Gasteiger partial charge is 0.125 e. The molecule has 2 nitrogen and oxygen atoms in total. The van der Waals surface area contributed by atoms with Crippen molar-refractivity contribution in [3.8, 4) is 5.75 Å². The van der Waals surface area contributed by atoms with E-state index in [1.165, 1.54) is 18.2 Å². The summed E-state index contributed by atoms with van der Waals surface area (Å²) in [4.78, 5) is 0. The van der Waals surface area contributed by atoms with E-state index in [1.54, 1.807) is 19.1 Å². The van der Waals surface area contributed by atoms with Gasteiger partial charge in [-0.15, -0.1) is 0 Å². The lowest BCUT2D eigenvalue weighted by Crippen LogP contribution is -2.01. The summed E-state index contributed by atoms with van der Waals surface area (Å²) >= 11 is 5.97. The van der Waals surface area contributed by atoms with E-state index in [9.17, 15) is 9.50 Å². The first-order chi connectivity index (χ1) is 9.08. The molecule has 2 aromatic carbocycles. The van der Waals surface area contributed by atoms with Gasteiger partial charge in [0.05, 0.1) is 6.10 Å². The highest BCUT2D eigenvalue weighted by atomic mass is 35.5. The van der Waals surface area contributed by atoms with Crippen LogP contribution >= 0.6 is 11.6 Å². The van der Waals surface area contributed by atoms with Crippen LogP contribution in [0.15, 0.2) is 42.5 Å². The number of ether oxygens (including phenoxy) is 1. The Morgan fingerprint density at radius 3 is 2.74 bits per heavy atom. The predicted molar refractivity (Wildman–Crippen MR) is 72.8 cm³/mol. The number of aliphatic hydroxyl groups excluding tert-OH is 1. The summed E-state index contributed by atoms with van der Waals surface area (Å²) < 4.78 is 18.7. The molecule has 1 N–H and O–H groups in total. The average Bonchev–Trinajstić information content (AvgIpc) is 2.40. The molecule has 0 radical (unpaired) electrons. The molecule has 2 aromatic rings. The first-order valence-corrected chi connectivity index (χ1v) is 6.29. The third-order valence-electron chi connectivity index (χ3n) is 2.76. The molecule has 0 spiro atoms. The van der Waals surface area contributed by atoms with Crippen LogP contribution in [0.1, 0.15) is 24.2 Å². The summed E-state index contributed by atoms with van der Waals surface area (Å²) in [5, 5.41) is 10.1. The van der Waals surface area contributed by atoms with Gasteiger partial charge in [0.15, 0.2) is 0 Å². The third-order valence-corrected chi connectivity index (χ3v) is 3.13. The van der Waals surface area contributed by atoms with E-state index in [4.69, 9.17) is 16.3 Å². The molecule has 0 aliphatic carbocycles. The number of para-hydroxylation sites is 1. The standard InChI is InChI=1S/C15H14ClFO2/c1-10(18)13-4-2-3-5-15(13)19-9-11-8-12(17)6-7-14(11)16/h2-8,10,18H,9H2,1H3. The number of rotatable bonds is 4. The van der Waals surface area contributed by atoms with Crippen LogP contribution in [0.3, 0.4) is 0 Å². The van der Waals surface area contributed by atoms with Gasteiger partial charge in [-0.1, -0.05) is 29.8 Å². The number of hydrogen-bond acceptors (Lipinski definition) is 2. The predicted octanol–water partition coefficient (Wildman–Crippen LogP) is 4.11. The van der Waals surface area contributed by atoms with Crippen molar-refractivity contribution in [2.24, 2.45) is 0 Å².